The van der Waals surface area contributed by atoms with Gasteiger partial charge in [-0.2, -0.15) is 0 Å². The standard InChI is InChI=1S/C15H29N3S/c1-5-8-10-18(13(4)7-3)15-17-12-14(19-15)11-16-9-6-2/h12-13,16H,5-11H2,1-4H3. The van der Waals surface area contributed by atoms with E-state index in [1.807, 2.05) is 17.5 Å². The summed E-state index contributed by atoms with van der Waals surface area (Å²) in [5, 5.41) is 4.63. The lowest BCUT2D eigenvalue weighted by atomic mass is 10.2. The average molecular weight is 283 g/mol. The minimum Gasteiger partial charge on any atom is -0.345 e. The molecule has 0 saturated carbocycles. The van der Waals surface area contributed by atoms with Gasteiger partial charge in [0, 0.05) is 30.2 Å². The SMILES string of the molecule is CCCCN(c1ncc(CNCCC)s1)C(C)CC. The van der Waals surface area contributed by atoms with E-state index in [-0.39, 0.29) is 0 Å². The van der Waals surface area contributed by atoms with Crippen molar-refractivity contribution in [1.82, 2.24) is 10.3 Å². The number of aromatic nitrogens is 1. The molecule has 4 heteroatoms. The van der Waals surface area contributed by atoms with E-state index in [1.165, 1.54) is 35.7 Å². The van der Waals surface area contributed by atoms with E-state index >= 15 is 0 Å². The molecule has 1 aromatic rings. The van der Waals surface area contributed by atoms with Crippen molar-refractivity contribution >= 4 is 16.5 Å². The molecule has 0 aromatic carbocycles. The topological polar surface area (TPSA) is 28.2 Å². The summed E-state index contributed by atoms with van der Waals surface area (Å²) in [6.45, 7) is 12.1. The van der Waals surface area contributed by atoms with Crippen LogP contribution in [0.2, 0.25) is 0 Å². The maximum absolute atomic E-state index is 4.62. The number of thiazole rings is 1. The Morgan fingerprint density at radius 1 is 1.32 bits per heavy atom. The Balaban J connectivity index is 2.62. The Morgan fingerprint density at radius 2 is 2.11 bits per heavy atom. The fraction of sp³-hybridized carbons (Fsp3) is 0.800. The maximum Gasteiger partial charge on any atom is 0.185 e. The molecule has 1 atom stereocenters. The molecule has 0 amide bonds. The van der Waals surface area contributed by atoms with Gasteiger partial charge in [0.25, 0.3) is 0 Å². The van der Waals surface area contributed by atoms with Gasteiger partial charge in [-0.25, -0.2) is 4.98 Å². The monoisotopic (exact) mass is 283 g/mol. The highest BCUT2D eigenvalue weighted by Gasteiger charge is 2.15. The number of rotatable bonds is 10. The smallest absolute Gasteiger partial charge is 0.185 e. The summed E-state index contributed by atoms with van der Waals surface area (Å²) >= 11 is 1.84. The predicted octanol–water partition coefficient (Wildman–Crippen LogP) is 4.05. The molecule has 1 N–H and O–H groups in total. The molecule has 0 aliphatic rings. The van der Waals surface area contributed by atoms with Gasteiger partial charge in [-0.15, -0.1) is 11.3 Å². The number of hydrogen-bond donors (Lipinski definition) is 1. The van der Waals surface area contributed by atoms with Crippen LogP contribution >= 0.6 is 11.3 Å². The zero-order valence-corrected chi connectivity index (χ0v) is 13.7. The van der Waals surface area contributed by atoms with E-state index in [4.69, 9.17) is 0 Å². The van der Waals surface area contributed by atoms with Gasteiger partial charge in [0.15, 0.2) is 5.13 Å². The Labute approximate surface area is 122 Å². The molecule has 1 aromatic heterocycles. The van der Waals surface area contributed by atoms with E-state index in [2.05, 4.69) is 42.9 Å². The second kappa shape index (κ2) is 9.32. The van der Waals surface area contributed by atoms with Crippen molar-refractivity contribution < 1.29 is 0 Å². The number of anilines is 1. The molecule has 1 rings (SSSR count). The molecule has 1 unspecified atom stereocenters. The van der Waals surface area contributed by atoms with Gasteiger partial charge in [0.1, 0.15) is 0 Å². The Bertz CT molecular complexity index is 338. The van der Waals surface area contributed by atoms with Crippen molar-refractivity contribution in [2.45, 2.75) is 66.0 Å². The fourth-order valence-electron chi connectivity index (χ4n) is 1.95. The van der Waals surface area contributed by atoms with Crippen LogP contribution in [0, 0.1) is 0 Å². The van der Waals surface area contributed by atoms with Gasteiger partial charge in [-0.05, 0) is 32.7 Å². The summed E-state index contributed by atoms with van der Waals surface area (Å²) < 4.78 is 0. The Hall–Kier alpha value is -0.610. The molecule has 110 valence electrons. The molecular weight excluding hydrogens is 254 g/mol. The number of nitrogens with zero attached hydrogens (tertiary/aromatic N) is 2. The van der Waals surface area contributed by atoms with E-state index in [0.717, 1.165) is 19.6 Å². The van der Waals surface area contributed by atoms with Gasteiger partial charge < -0.3 is 10.2 Å². The second-order valence-corrected chi connectivity index (χ2v) is 6.18. The second-order valence-electron chi connectivity index (χ2n) is 5.09. The normalized spacial score (nSPS) is 12.6. The molecule has 0 aliphatic carbocycles. The Morgan fingerprint density at radius 3 is 2.74 bits per heavy atom. The van der Waals surface area contributed by atoms with Crippen molar-refractivity contribution in [3.05, 3.63) is 11.1 Å². The molecule has 3 nitrogen and oxygen atoms in total. The van der Waals surface area contributed by atoms with Crippen LogP contribution in [0.3, 0.4) is 0 Å². The first-order chi connectivity index (χ1) is 9.22. The zero-order chi connectivity index (χ0) is 14.1. The van der Waals surface area contributed by atoms with Crippen molar-refractivity contribution in [3.8, 4) is 0 Å². The van der Waals surface area contributed by atoms with Crippen LogP contribution in [0.25, 0.3) is 0 Å². The van der Waals surface area contributed by atoms with E-state index in [9.17, 15) is 0 Å². The molecule has 0 fully saturated rings. The number of hydrogen-bond acceptors (Lipinski definition) is 4. The van der Waals surface area contributed by atoms with Gasteiger partial charge in [-0.3, -0.25) is 0 Å². The minimum absolute atomic E-state index is 0.578. The van der Waals surface area contributed by atoms with Crippen LogP contribution in [0.1, 0.15) is 58.3 Å². The molecule has 0 aliphatic heterocycles. The lowest BCUT2D eigenvalue weighted by Gasteiger charge is -2.28. The van der Waals surface area contributed by atoms with Crippen molar-refractivity contribution in [2.24, 2.45) is 0 Å². The van der Waals surface area contributed by atoms with Crippen LogP contribution < -0.4 is 10.2 Å². The molecular formula is C15H29N3S. The van der Waals surface area contributed by atoms with Crippen LogP contribution in [-0.4, -0.2) is 24.1 Å². The van der Waals surface area contributed by atoms with Gasteiger partial charge >= 0.3 is 0 Å². The number of unbranched alkanes of at least 4 members (excludes halogenated alkanes) is 1. The lowest BCUT2D eigenvalue weighted by molar-refractivity contribution is 0.594. The first kappa shape index (κ1) is 16.4. The van der Waals surface area contributed by atoms with E-state index in [1.54, 1.807) is 0 Å². The molecule has 0 radical (unpaired) electrons. The molecule has 19 heavy (non-hydrogen) atoms. The van der Waals surface area contributed by atoms with Crippen molar-refractivity contribution in [1.29, 1.82) is 0 Å². The third-order valence-corrected chi connectivity index (χ3v) is 4.42. The van der Waals surface area contributed by atoms with Crippen molar-refractivity contribution in [3.63, 3.8) is 0 Å². The van der Waals surface area contributed by atoms with Gasteiger partial charge in [0.05, 0.1) is 0 Å². The van der Waals surface area contributed by atoms with Crippen LogP contribution in [-0.2, 0) is 6.54 Å². The van der Waals surface area contributed by atoms with Gasteiger partial charge in [-0.1, -0.05) is 27.2 Å². The van der Waals surface area contributed by atoms with E-state index in [0.29, 0.717) is 6.04 Å². The zero-order valence-electron chi connectivity index (χ0n) is 12.9. The quantitative estimate of drug-likeness (QED) is 0.657. The van der Waals surface area contributed by atoms with Crippen LogP contribution in [0.15, 0.2) is 6.20 Å². The largest absolute Gasteiger partial charge is 0.345 e. The average Bonchev–Trinajstić information content (AvgIpc) is 2.88. The predicted molar refractivity (Wildman–Crippen MR) is 86.1 cm³/mol. The summed E-state index contributed by atoms with van der Waals surface area (Å²) in [5.74, 6) is 0. The lowest BCUT2D eigenvalue weighted by Crippen LogP contribution is -2.33. The summed E-state index contributed by atoms with van der Waals surface area (Å²) in [5.41, 5.74) is 0. The Kier molecular flexibility index (Phi) is 8.07. The summed E-state index contributed by atoms with van der Waals surface area (Å²) in [6, 6.07) is 0.578. The third kappa shape index (κ3) is 5.49. The van der Waals surface area contributed by atoms with E-state index < -0.39 is 0 Å². The molecule has 0 spiro atoms. The van der Waals surface area contributed by atoms with Crippen LogP contribution in [0.5, 0.6) is 0 Å². The molecule has 1 heterocycles. The highest BCUT2D eigenvalue weighted by molar-refractivity contribution is 7.15. The third-order valence-electron chi connectivity index (χ3n) is 3.39. The maximum atomic E-state index is 4.62. The fourth-order valence-corrected chi connectivity index (χ4v) is 2.96. The number of nitrogens with one attached hydrogen (secondary N) is 1. The molecule has 0 bridgehead atoms. The summed E-state index contributed by atoms with van der Waals surface area (Å²) in [7, 11) is 0. The first-order valence-electron chi connectivity index (χ1n) is 7.64. The van der Waals surface area contributed by atoms with Gasteiger partial charge in [0.2, 0.25) is 0 Å². The first-order valence-corrected chi connectivity index (χ1v) is 8.46. The van der Waals surface area contributed by atoms with Crippen LogP contribution in [0.4, 0.5) is 5.13 Å². The summed E-state index contributed by atoms with van der Waals surface area (Å²) in [6.07, 6.45) is 6.87. The highest BCUT2D eigenvalue weighted by atomic mass is 32.1. The van der Waals surface area contributed by atoms with Crippen molar-refractivity contribution in [2.75, 3.05) is 18.0 Å². The highest BCUT2D eigenvalue weighted by Crippen LogP contribution is 2.25. The summed E-state index contributed by atoms with van der Waals surface area (Å²) in [4.78, 5) is 8.43. The molecule has 0 saturated heterocycles. The minimum atomic E-state index is 0.578.